The van der Waals surface area contributed by atoms with E-state index in [1.807, 2.05) is 42.8 Å². The van der Waals surface area contributed by atoms with Gasteiger partial charge in [0.1, 0.15) is 5.75 Å². The highest BCUT2D eigenvalue weighted by atomic mass is 35.5. The molecule has 2 aromatic carbocycles. The number of hydrogen-bond acceptors (Lipinski definition) is 4. The van der Waals surface area contributed by atoms with Gasteiger partial charge in [-0.3, -0.25) is 9.48 Å². The highest BCUT2D eigenvalue weighted by molar-refractivity contribution is 6.31. The normalized spacial score (nSPS) is 11.1. The minimum absolute atomic E-state index is 0.0925. The Labute approximate surface area is 162 Å². The summed E-state index contributed by atoms with van der Waals surface area (Å²) in [5.74, 6) is -0.576. The highest BCUT2D eigenvalue weighted by Crippen LogP contribution is 2.19. The molecule has 138 valence electrons. The van der Waals surface area contributed by atoms with E-state index in [1.54, 1.807) is 18.3 Å². The van der Waals surface area contributed by atoms with Crippen LogP contribution in [0.4, 0.5) is 0 Å². The number of aryl methyl sites for hydroxylation is 1. The summed E-state index contributed by atoms with van der Waals surface area (Å²) in [5, 5.41) is 18.9. The average Bonchev–Trinajstić information content (AvgIpc) is 2.91. The number of hydrogen-bond donors (Lipinski definition) is 2. The number of carbonyl (C=O) groups excluding carboxylic acids is 1. The molecule has 0 aliphatic carbocycles. The first-order valence-corrected chi connectivity index (χ1v) is 8.74. The molecule has 27 heavy (non-hydrogen) atoms. The van der Waals surface area contributed by atoms with E-state index in [1.165, 1.54) is 12.1 Å². The number of amides is 1. The SMILES string of the molecule is Cc1nn(Cc2ccccc2Cl)c(C)c1/C=N/NC(=O)c1ccccc1O. The number of aromatic hydroxyl groups is 1. The van der Waals surface area contributed by atoms with Gasteiger partial charge in [0, 0.05) is 16.3 Å². The fourth-order valence-electron chi connectivity index (χ4n) is 2.72. The lowest BCUT2D eigenvalue weighted by Crippen LogP contribution is -2.17. The van der Waals surface area contributed by atoms with Gasteiger partial charge in [-0.15, -0.1) is 0 Å². The number of carbonyl (C=O) groups is 1. The lowest BCUT2D eigenvalue weighted by atomic mass is 10.2. The van der Waals surface area contributed by atoms with E-state index in [0.29, 0.717) is 11.6 Å². The van der Waals surface area contributed by atoms with Crippen LogP contribution in [0, 0.1) is 13.8 Å². The Morgan fingerprint density at radius 3 is 2.67 bits per heavy atom. The molecule has 0 radical (unpaired) electrons. The number of phenolic OH excluding ortho intramolecular Hbond substituents is 1. The standard InChI is InChI=1S/C20H19ClN4O2/c1-13-17(11-22-23-20(27)16-8-4-6-10-19(16)26)14(2)25(24-13)12-15-7-3-5-9-18(15)21/h3-11,26H,12H2,1-2H3,(H,23,27)/b22-11+. The van der Waals surface area contributed by atoms with E-state index in [4.69, 9.17) is 11.6 Å². The zero-order valence-electron chi connectivity index (χ0n) is 15.0. The zero-order chi connectivity index (χ0) is 19.4. The lowest BCUT2D eigenvalue weighted by molar-refractivity contribution is 0.0952. The second-order valence-corrected chi connectivity index (χ2v) is 6.46. The number of aromatic nitrogens is 2. The number of para-hydroxylation sites is 1. The van der Waals surface area contributed by atoms with Crippen LogP contribution in [0.15, 0.2) is 53.6 Å². The predicted molar refractivity (Wildman–Crippen MR) is 105 cm³/mol. The summed E-state index contributed by atoms with van der Waals surface area (Å²) in [5.41, 5.74) is 6.08. The summed E-state index contributed by atoms with van der Waals surface area (Å²) >= 11 is 6.23. The van der Waals surface area contributed by atoms with Crippen molar-refractivity contribution in [3.63, 3.8) is 0 Å². The Morgan fingerprint density at radius 2 is 1.93 bits per heavy atom. The Morgan fingerprint density at radius 1 is 1.22 bits per heavy atom. The quantitative estimate of drug-likeness (QED) is 0.522. The van der Waals surface area contributed by atoms with E-state index in [9.17, 15) is 9.90 Å². The van der Waals surface area contributed by atoms with E-state index in [0.717, 1.165) is 22.5 Å². The van der Waals surface area contributed by atoms with Gasteiger partial charge in [0.2, 0.25) is 0 Å². The molecule has 0 aliphatic heterocycles. The second kappa shape index (κ2) is 8.05. The van der Waals surface area contributed by atoms with Crippen LogP contribution in [0.1, 0.15) is 32.9 Å². The fourth-order valence-corrected chi connectivity index (χ4v) is 2.92. The third kappa shape index (κ3) is 4.17. The molecule has 6 nitrogen and oxygen atoms in total. The summed E-state index contributed by atoms with van der Waals surface area (Å²) in [4.78, 5) is 12.1. The third-order valence-corrected chi connectivity index (χ3v) is 4.59. The molecule has 2 N–H and O–H groups in total. The molecule has 0 atom stereocenters. The van der Waals surface area contributed by atoms with Crippen LogP contribution in [0.3, 0.4) is 0 Å². The van der Waals surface area contributed by atoms with E-state index in [2.05, 4.69) is 15.6 Å². The molecule has 1 amide bonds. The van der Waals surface area contributed by atoms with E-state index < -0.39 is 5.91 Å². The maximum atomic E-state index is 12.1. The molecule has 0 spiro atoms. The molecule has 0 fully saturated rings. The van der Waals surface area contributed by atoms with Crippen molar-refractivity contribution in [1.82, 2.24) is 15.2 Å². The lowest BCUT2D eigenvalue weighted by Gasteiger charge is -2.06. The van der Waals surface area contributed by atoms with Crippen LogP contribution in [-0.2, 0) is 6.54 Å². The molecular formula is C20H19ClN4O2. The number of rotatable bonds is 5. The van der Waals surface area contributed by atoms with Gasteiger partial charge < -0.3 is 5.11 Å². The minimum atomic E-state index is -0.483. The number of nitrogens with one attached hydrogen (secondary N) is 1. The zero-order valence-corrected chi connectivity index (χ0v) is 15.7. The molecule has 1 aromatic heterocycles. The Bertz CT molecular complexity index is 1010. The van der Waals surface area contributed by atoms with E-state index in [-0.39, 0.29) is 11.3 Å². The van der Waals surface area contributed by atoms with E-state index >= 15 is 0 Å². The van der Waals surface area contributed by atoms with Crippen molar-refractivity contribution in [3.05, 3.63) is 81.6 Å². The highest BCUT2D eigenvalue weighted by Gasteiger charge is 2.12. The Balaban J connectivity index is 1.75. The Hall–Kier alpha value is -3.12. The summed E-state index contributed by atoms with van der Waals surface area (Å²) in [6, 6.07) is 13.9. The number of benzene rings is 2. The second-order valence-electron chi connectivity index (χ2n) is 6.05. The van der Waals surface area contributed by atoms with Crippen molar-refractivity contribution in [2.24, 2.45) is 5.10 Å². The van der Waals surface area contributed by atoms with Gasteiger partial charge >= 0.3 is 0 Å². The topological polar surface area (TPSA) is 79.5 Å². The molecule has 3 rings (SSSR count). The molecule has 1 heterocycles. The maximum Gasteiger partial charge on any atom is 0.275 e. The molecule has 7 heteroatoms. The number of hydrazone groups is 1. The van der Waals surface area contributed by atoms with Gasteiger partial charge in [0.15, 0.2) is 0 Å². The van der Waals surface area contributed by atoms with Crippen molar-refractivity contribution in [1.29, 1.82) is 0 Å². The summed E-state index contributed by atoms with van der Waals surface area (Å²) in [7, 11) is 0. The number of nitrogens with zero attached hydrogens (tertiary/aromatic N) is 3. The largest absolute Gasteiger partial charge is 0.507 e. The summed E-state index contributed by atoms with van der Waals surface area (Å²) in [6.07, 6.45) is 1.55. The van der Waals surface area contributed by atoms with Gasteiger partial charge in [-0.25, -0.2) is 5.43 Å². The van der Waals surface area contributed by atoms with Crippen molar-refractivity contribution < 1.29 is 9.90 Å². The third-order valence-electron chi connectivity index (χ3n) is 4.22. The predicted octanol–water partition coefficient (Wildman–Crippen LogP) is 3.67. The van der Waals surface area contributed by atoms with Crippen LogP contribution >= 0.6 is 11.6 Å². The van der Waals surface area contributed by atoms with Gasteiger partial charge in [-0.05, 0) is 37.6 Å². The van der Waals surface area contributed by atoms with Crippen LogP contribution in [0.5, 0.6) is 5.75 Å². The molecule has 3 aromatic rings. The van der Waals surface area contributed by atoms with Crippen molar-refractivity contribution in [2.75, 3.05) is 0 Å². The molecule has 0 saturated carbocycles. The first-order valence-electron chi connectivity index (χ1n) is 8.36. The molecule has 0 unspecified atom stereocenters. The van der Waals surface area contributed by atoms with Gasteiger partial charge in [-0.2, -0.15) is 10.2 Å². The van der Waals surface area contributed by atoms with Gasteiger partial charge in [-0.1, -0.05) is 41.9 Å². The average molecular weight is 383 g/mol. The fraction of sp³-hybridized carbons (Fsp3) is 0.150. The number of phenols is 1. The van der Waals surface area contributed by atoms with Gasteiger partial charge in [0.05, 0.1) is 24.0 Å². The molecule has 0 saturated heterocycles. The molecule has 0 bridgehead atoms. The minimum Gasteiger partial charge on any atom is -0.507 e. The van der Waals surface area contributed by atoms with Crippen LogP contribution in [-0.4, -0.2) is 27.0 Å². The first-order chi connectivity index (χ1) is 13.0. The van der Waals surface area contributed by atoms with Crippen molar-refractivity contribution in [3.8, 4) is 5.75 Å². The van der Waals surface area contributed by atoms with Crippen LogP contribution in [0.2, 0.25) is 5.02 Å². The molecule has 0 aliphatic rings. The monoisotopic (exact) mass is 382 g/mol. The first kappa shape index (κ1) is 18.7. The van der Waals surface area contributed by atoms with Gasteiger partial charge in [0.25, 0.3) is 5.91 Å². The smallest absolute Gasteiger partial charge is 0.275 e. The summed E-state index contributed by atoms with van der Waals surface area (Å²) < 4.78 is 1.85. The van der Waals surface area contributed by atoms with Crippen LogP contribution < -0.4 is 5.43 Å². The molecular weight excluding hydrogens is 364 g/mol. The van der Waals surface area contributed by atoms with Crippen molar-refractivity contribution >= 4 is 23.7 Å². The van der Waals surface area contributed by atoms with Crippen LogP contribution in [0.25, 0.3) is 0 Å². The number of halogens is 1. The summed E-state index contributed by atoms with van der Waals surface area (Å²) in [6.45, 7) is 4.36. The van der Waals surface area contributed by atoms with Crippen molar-refractivity contribution in [2.45, 2.75) is 20.4 Å². The maximum absolute atomic E-state index is 12.1. The Kier molecular flexibility index (Phi) is 5.57.